The first-order valence-electron chi connectivity index (χ1n) is 7.34. The molecule has 2 aromatic carbocycles. The molecule has 2 heterocycles. The van der Waals surface area contributed by atoms with Crippen molar-refractivity contribution in [3.63, 3.8) is 0 Å². The second kappa shape index (κ2) is 5.22. The molecule has 1 amide bonds. The van der Waals surface area contributed by atoms with E-state index in [4.69, 9.17) is 9.47 Å². The Balaban J connectivity index is 1.73. The first-order valence-corrected chi connectivity index (χ1v) is 7.34. The van der Waals surface area contributed by atoms with Gasteiger partial charge in [0.15, 0.2) is 11.6 Å². The van der Waals surface area contributed by atoms with Crippen LogP contribution in [-0.4, -0.2) is 19.1 Å². The van der Waals surface area contributed by atoms with Crippen molar-refractivity contribution in [1.82, 2.24) is 0 Å². The molecule has 0 radical (unpaired) electrons. The van der Waals surface area contributed by atoms with Crippen LogP contribution < -0.4 is 14.8 Å². The molecular weight excluding hydrogens is 304 g/mol. The van der Waals surface area contributed by atoms with Crippen molar-refractivity contribution >= 4 is 11.6 Å². The second-order valence-electron chi connectivity index (χ2n) is 5.50. The van der Waals surface area contributed by atoms with Crippen LogP contribution in [0.25, 0.3) is 0 Å². The van der Waals surface area contributed by atoms with Gasteiger partial charge < -0.3 is 14.8 Å². The monoisotopic (exact) mass is 317 g/mol. The number of benzene rings is 2. The molecule has 0 saturated heterocycles. The van der Waals surface area contributed by atoms with E-state index in [1.807, 2.05) is 6.07 Å². The molecule has 0 atom stereocenters. The van der Waals surface area contributed by atoms with Crippen molar-refractivity contribution in [2.75, 3.05) is 18.5 Å². The largest absolute Gasteiger partial charge is 0.493 e. The minimum absolute atomic E-state index is 0.192. The molecule has 1 N–H and O–H groups in total. The van der Waals surface area contributed by atoms with Gasteiger partial charge in [0.25, 0.3) is 5.91 Å². The maximum atomic E-state index is 13.3. The van der Waals surface area contributed by atoms with Crippen LogP contribution in [0.2, 0.25) is 0 Å². The van der Waals surface area contributed by atoms with E-state index in [0.29, 0.717) is 36.7 Å². The Morgan fingerprint density at radius 3 is 2.70 bits per heavy atom. The third-order valence-electron chi connectivity index (χ3n) is 4.06. The van der Waals surface area contributed by atoms with E-state index in [9.17, 15) is 13.6 Å². The molecule has 118 valence electrons. The molecule has 0 spiro atoms. The Bertz CT molecular complexity index is 788. The van der Waals surface area contributed by atoms with E-state index in [1.54, 1.807) is 0 Å². The zero-order chi connectivity index (χ0) is 16.0. The summed E-state index contributed by atoms with van der Waals surface area (Å²) in [6.07, 6.45) is 1.34. The summed E-state index contributed by atoms with van der Waals surface area (Å²) in [5.74, 6) is -1.11. The first kappa shape index (κ1) is 14.0. The summed E-state index contributed by atoms with van der Waals surface area (Å²) in [5.41, 5.74) is 2.35. The number of hydrogen-bond acceptors (Lipinski definition) is 3. The number of amides is 1. The van der Waals surface area contributed by atoms with E-state index in [1.165, 1.54) is 6.07 Å². The summed E-state index contributed by atoms with van der Waals surface area (Å²) in [7, 11) is 0. The number of ether oxygens (including phenoxy) is 2. The maximum Gasteiger partial charge on any atom is 0.259 e. The molecule has 4 rings (SSSR count). The van der Waals surface area contributed by atoms with Crippen LogP contribution in [0.1, 0.15) is 21.5 Å². The summed E-state index contributed by atoms with van der Waals surface area (Å²) >= 11 is 0. The molecule has 0 aliphatic carbocycles. The third-order valence-corrected chi connectivity index (χ3v) is 4.06. The topological polar surface area (TPSA) is 47.6 Å². The normalized spacial score (nSPS) is 14.7. The van der Waals surface area contributed by atoms with Gasteiger partial charge in [-0.05, 0) is 18.2 Å². The lowest BCUT2D eigenvalue weighted by Gasteiger charge is -2.13. The number of fused-ring (bicyclic) bond motifs is 2. The van der Waals surface area contributed by atoms with E-state index in [-0.39, 0.29) is 5.69 Å². The fraction of sp³-hybridized carbons (Fsp3) is 0.235. The van der Waals surface area contributed by atoms with Gasteiger partial charge in [-0.3, -0.25) is 4.79 Å². The quantitative estimate of drug-likeness (QED) is 0.926. The van der Waals surface area contributed by atoms with E-state index >= 15 is 0 Å². The van der Waals surface area contributed by atoms with Crippen molar-refractivity contribution in [2.24, 2.45) is 0 Å². The Morgan fingerprint density at radius 2 is 1.87 bits per heavy atom. The number of anilines is 1. The predicted octanol–water partition coefficient (Wildman–Crippen LogP) is 3.09. The molecule has 23 heavy (non-hydrogen) atoms. The van der Waals surface area contributed by atoms with E-state index < -0.39 is 17.5 Å². The Kier molecular flexibility index (Phi) is 3.18. The maximum absolute atomic E-state index is 13.3. The van der Waals surface area contributed by atoms with E-state index in [0.717, 1.165) is 29.7 Å². The third kappa shape index (κ3) is 2.30. The number of halogens is 2. The molecule has 0 saturated carbocycles. The van der Waals surface area contributed by atoms with Crippen molar-refractivity contribution in [1.29, 1.82) is 0 Å². The molecular formula is C17H13F2NO3. The van der Waals surface area contributed by atoms with Gasteiger partial charge in [-0.1, -0.05) is 0 Å². The minimum atomic E-state index is -1.01. The lowest BCUT2D eigenvalue weighted by Crippen LogP contribution is -2.15. The van der Waals surface area contributed by atoms with Crippen molar-refractivity contribution in [3.05, 3.63) is 52.6 Å². The zero-order valence-corrected chi connectivity index (χ0v) is 12.1. The number of carbonyl (C=O) groups is 1. The van der Waals surface area contributed by atoms with Gasteiger partial charge in [-0.15, -0.1) is 0 Å². The summed E-state index contributed by atoms with van der Waals surface area (Å²) < 4.78 is 37.5. The lowest BCUT2D eigenvalue weighted by atomic mass is 9.99. The smallest absolute Gasteiger partial charge is 0.259 e. The molecule has 2 aromatic rings. The van der Waals surface area contributed by atoms with Gasteiger partial charge in [0.2, 0.25) is 0 Å². The molecule has 0 aromatic heterocycles. The number of hydrogen-bond donors (Lipinski definition) is 1. The second-order valence-corrected chi connectivity index (χ2v) is 5.50. The first-order chi connectivity index (χ1) is 11.1. The summed E-state index contributed by atoms with van der Waals surface area (Å²) in [5, 5.41) is 2.60. The average Bonchev–Trinajstić information content (AvgIpc) is 3.16. The van der Waals surface area contributed by atoms with Crippen LogP contribution in [0.5, 0.6) is 11.5 Å². The van der Waals surface area contributed by atoms with Crippen LogP contribution in [0.4, 0.5) is 14.5 Å². The highest BCUT2D eigenvalue weighted by atomic mass is 19.2. The van der Waals surface area contributed by atoms with Gasteiger partial charge in [0, 0.05) is 35.7 Å². The molecule has 4 nitrogen and oxygen atoms in total. The fourth-order valence-electron chi connectivity index (χ4n) is 2.99. The van der Waals surface area contributed by atoms with Crippen LogP contribution in [0.3, 0.4) is 0 Å². The highest BCUT2D eigenvalue weighted by Crippen LogP contribution is 2.40. The zero-order valence-electron chi connectivity index (χ0n) is 12.1. The van der Waals surface area contributed by atoms with Gasteiger partial charge >= 0.3 is 0 Å². The number of carbonyl (C=O) groups excluding carboxylic acids is 1. The molecule has 0 bridgehead atoms. The van der Waals surface area contributed by atoms with Crippen LogP contribution in [-0.2, 0) is 12.8 Å². The SMILES string of the molecule is O=C(Nc1ccc(F)c(F)c1)c1c2c(cc3c1OCC3)OCC2. The van der Waals surface area contributed by atoms with Gasteiger partial charge in [-0.25, -0.2) is 8.78 Å². The Hall–Kier alpha value is -2.63. The Labute approximate surface area is 131 Å². The van der Waals surface area contributed by atoms with Gasteiger partial charge in [0.05, 0.1) is 18.8 Å². The molecule has 2 aliphatic heterocycles. The van der Waals surface area contributed by atoms with Crippen molar-refractivity contribution < 1.29 is 23.0 Å². The standard InChI is InChI=1S/C17H13F2NO3/c18-12-2-1-10(8-13(12)19)20-17(21)15-11-4-6-22-14(11)7-9-3-5-23-16(9)15/h1-2,7-8H,3-6H2,(H,20,21). The van der Waals surface area contributed by atoms with Crippen LogP contribution >= 0.6 is 0 Å². The fourth-order valence-corrected chi connectivity index (χ4v) is 2.99. The lowest BCUT2D eigenvalue weighted by molar-refractivity contribution is 0.102. The van der Waals surface area contributed by atoms with Crippen molar-refractivity contribution in [3.8, 4) is 11.5 Å². The average molecular weight is 317 g/mol. The summed E-state index contributed by atoms with van der Waals surface area (Å²) in [4.78, 5) is 12.7. The Morgan fingerprint density at radius 1 is 1.04 bits per heavy atom. The van der Waals surface area contributed by atoms with Gasteiger partial charge in [0.1, 0.15) is 11.5 Å². The van der Waals surface area contributed by atoms with Gasteiger partial charge in [-0.2, -0.15) is 0 Å². The van der Waals surface area contributed by atoms with Crippen LogP contribution in [0.15, 0.2) is 24.3 Å². The summed E-state index contributed by atoms with van der Waals surface area (Å²) in [6, 6.07) is 5.16. The number of rotatable bonds is 2. The molecule has 2 aliphatic rings. The molecule has 0 unspecified atom stereocenters. The van der Waals surface area contributed by atoms with Crippen LogP contribution in [0, 0.1) is 11.6 Å². The molecule has 6 heteroatoms. The van der Waals surface area contributed by atoms with E-state index in [2.05, 4.69) is 5.32 Å². The predicted molar refractivity (Wildman–Crippen MR) is 79.2 cm³/mol. The highest BCUT2D eigenvalue weighted by Gasteiger charge is 2.30. The van der Waals surface area contributed by atoms with Crippen molar-refractivity contribution in [2.45, 2.75) is 12.8 Å². The minimum Gasteiger partial charge on any atom is -0.493 e. The summed E-state index contributed by atoms with van der Waals surface area (Å²) in [6.45, 7) is 1.04. The number of nitrogens with one attached hydrogen (secondary N) is 1. The highest BCUT2D eigenvalue weighted by molar-refractivity contribution is 6.08. The molecule has 0 fully saturated rings.